The maximum Gasteiger partial charge on any atom is 0.248 e. The summed E-state index contributed by atoms with van der Waals surface area (Å²) in [6.07, 6.45) is 3.89. The van der Waals surface area contributed by atoms with Crippen LogP contribution in [-0.4, -0.2) is 38.0 Å². The number of amides is 1. The summed E-state index contributed by atoms with van der Waals surface area (Å²) in [6, 6.07) is 0. The lowest BCUT2D eigenvalue weighted by Gasteiger charge is -2.17. The van der Waals surface area contributed by atoms with E-state index in [9.17, 15) is 4.79 Å². The molecule has 0 radical (unpaired) electrons. The van der Waals surface area contributed by atoms with Crippen molar-refractivity contribution in [2.45, 2.75) is 26.7 Å². The van der Waals surface area contributed by atoms with E-state index in [0.717, 1.165) is 31.5 Å². The fourth-order valence-electron chi connectivity index (χ4n) is 1.29. The normalized spacial score (nSPS) is 11.6. The predicted molar refractivity (Wildman–Crippen MR) is 60.2 cm³/mol. The number of hydrogen-bond acceptors (Lipinski definition) is 2. The lowest BCUT2D eigenvalue weighted by atomic mass is 10.2. The van der Waals surface area contributed by atoms with E-state index in [4.69, 9.17) is 0 Å². The second-order valence-corrected chi connectivity index (χ2v) is 3.48. The van der Waals surface area contributed by atoms with Crippen LogP contribution in [0.1, 0.15) is 26.7 Å². The number of likely N-dealkylation sites (N-methyl/N-ethyl adjacent to an activating group) is 1. The Morgan fingerprint density at radius 1 is 1.50 bits per heavy atom. The number of carbonyl (C=O) groups excluding carboxylic acids is 1. The van der Waals surface area contributed by atoms with Crippen molar-refractivity contribution >= 4 is 5.91 Å². The molecule has 3 heteroatoms. The van der Waals surface area contributed by atoms with Crippen LogP contribution in [0.3, 0.4) is 0 Å². The summed E-state index contributed by atoms with van der Waals surface area (Å²) in [7, 11) is 3.77. The zero-order chi connectivity index (χ0) is 11.0. The summed E-state index contributed by atoms with van der Waals surface area (Å²) in [6.45, 7) is 5.68. The molecule has 0 unspecified atom stereocenters. The van der Waals surface area contributed by atoms with Crippen LogP contribution < -0.4 is 5.32 Å². The molecule has 0 saturated heterocycles. The molecule has 1 amide bonds. The molecule has 14 heavy (non-hydrogen) atoms. The van der Waals surface area contributed by atoms with Gasteiger partial charge in [-0.2, -0.15) is 0 Å². The van der Waals surface area contributed by atoms with Crippen LogP contribution in [0.25, 0.3) is 0 Å². The minimum atomic E-state index is 0.142. The fraction of sp³-hybridized carbons (Fsp3) is 0.727. The standard InChI is InChI=1S/C11H22N2O/c1-5-7-10(2)11(14)13(4)9-6-8-12-3/h7,12H,5-6,8-9H2,1-4H3. The van der Waals surface area contributed by atoms with Crippen LogP contribution in [0.5, 0.6) is 0 Å². The molecule has 0 saturated carbocycles. The summed E-state index contributed by atoms with van der Waals surface area (Å²) in [5.74, 6) is 0.142. The molecule has 0 aliphatic heterocycles. The highest BCUT2D eigenvalue weighted by Gasteiger charge is 2.08. The van der Waals surface area contributed by atoms with E-state index in [1.165, 1.54) is 0 Å². The van der Waals surface area contributed by atoms with Crippen molar-refractivity contribution in [1.82, 2.24) is 10.2 Å². The Morgan fingerprint density at radius 2 is 2.14 bits per heavy atom. The molecule has 0 rings (SSSR count). The van der Waals surface area contributed by atoms with Gasteiger partial charge < -0.3 is 10.2 Å². The lowest BCUT2D eigenvalue weighted by Crippen LogP contribution is -2.29. The van der Waals surface area contributed by atoms with Crippen LogP contribution in [0.15, 0.2) is 11.6 Å². The second-order valence-electron chi connectivity index (χ2n) is 3.48. The minimum absolute atomic E-state index is 0.142. The van der Waals surface area contributed by atoms with Gasteiger partial charge >= 0.3 is 0 Å². The number of nitrogens with zero attached hydrogens (tertiary/aromatic N) is 1. The molecule has 0 aliphatic carbocycles. The summed E-state index contributed by atoms with van der Waals surface area (Å²) in [5, 5.41) is 3.06. The first-order valence-electron chi connectivity index (χ1n) is 5.20. The van der Waals surface area contributed by atoms with Crippen molar-refractivity contribution in [2.24, 2.45) is 0 Å². The Labute approximate surface area is 87.2 Å². The van der Waals surface area contributed by atoms with Gasteiger partial charge in [0.15, 0.2) is 0 Å². The molecule has 1 N–H and O–H groups in total. The molecular weight excluding hydrogens is 176 g/mol. The van der Waals surface area contributed by atoms with Gasteiger partial charge in [0, 0.05) is 19.2 Å². The van der Waals surface area contributed by atoms with Crippen molar-refractivity contribution in [2.75, 3.05) is 27.2 Å². The smallest absolute Gasteiger partial charge is 0.248 e. The van der Waals surface area contributed by atoms with Gasteiger partial charge in [0.25, 0.3) is 0 Å². The van der Waals surface area contributed by atoms with Gasteiger partial charge in [-0.3, -0.25) is 4.79 Å². The number of carbonyl (C=O) groups is 1. The summed E-state index contributed by atoms with van der Waals surface area (Å²) >= 11 is 0. The number of rotatable bonds is 6. The maximum atomic E-state index is 11.7. The van der Waals surface area contributed by atoms with Gasteiger partial charge in [-0.05, 0) is 33.4 Å². The zero-order valence-electron chi connectivity index (χ0n) is 9.76. The van der Waals surface area contributed by atoms with Gasteiger partial charge in [0.1, 0.15) is 0 Å². The molecule has 82 valence electrons. The zero-order valence-corrected chi connectivity index (χ0v) is 9.76. The number of allylic oxidation sites excluding steroid dienone is 1. The van der Waals surface area contributed by atoms with Crippen LogP contribution in [0.4, 0.5) is 0 Å². The van der Waals surface area contributed by atoms with E-state index in [2.05, 4.69) is 5.32 Å². The highest BCUT2D eigenvalue weighted by molar-refractivity contribution is 5.92. The SMILES string of the molecule is CCC=C(C)C(=O)N(C)CCCNC. The molecule has 0 aromatic carbocycles. The number of nitrogens with one attached hydrogen (secondary N) is 1. The van der Waals surface area contributed by atoms with Gasteiger partial charge in [-0.15, -0.1) is 0 Å². The molecule has 0 aromatic rings. The van der Waals surface area contributed by atoms with Crippen molar-refractivity contribution < 1.29 is 4.79 Å². The van der Waals surface area contributed by atoms with Gasteiger partial charge in [-0.25, -0.2) is 0 Å². The molecule has 0 bridgehead atoms. The minimum Gasteiger partial charge on any atom is -0.342 e. The third-order valence-corrected chi connectivity index (χ3v) is 2.11. The monoisotopic (exact) mass is 198 g/mol. The predicted octanol–water partition coefficient (Wildman–Crippen LogP) is 1.41. The first-order valence-corrected chi connectivity index (χ1v) is 5.20. The molecule has 3 nitrogen and oxygen atoms in total. The van der Waals surface area contributed by atoms with Crippen LogP contribution in [0.2, 0.25) is 0 Å². The first kappa shape index (κ1) is 13.2. The molecule has 0 aromatic heterocycles. The molecule has 0 spiro atoms. The quantitative estimate of drug-likeness (QED) is 0.517. The molecular formula is C11H22N2O. The Morgan fingerprint density at radius 3 is 2.64 bits per heavy atom. The van der Waals surface area contributed by atoms with Gasteiger partial charge in [0.05, 0.1) is 0 Å². The fourth-order valence-corrected chi connectivity index (χ4v) is 1.29. The van der Waals surface area contributed by atoms with Crippen molar-refractivity contribution in [3.8, 4) is 0 Å². The number of hydrogen-bond donors (Lipinski definition) is 1. The van der Waals surface area contributed by atoms with E-state index >= 15 is 0 Å². The Bertz CT molecular complexity index is 199. The van der Waals surface area contributed by atoms with Crippen LogP contribution in [-0.2, 0) is 4.79 Å². The van der Waals surface area contributed by atoms with E-state index < -0.39 is 0 Å². The highest BCUT2D eigenvalue weighted by atomic mass is 16.2. The average molecular weight is 198 g/mol. The highest BCUT2D eigenvalue weighted by Crippen LogP contribution is 2.01. The Kier molecular flexibility index (Phi) is 7.11. The maximum absolute atomic E-state index is 11.7. The largest absolute Gasteiger partial charge is 0.342 e. The first-order chi connectivity index (χ1) is 6.63. The van der Waals surface area contributed by atoms with Crippen molar-refractivity contribution in [3.63, 3.8) is 0 Å². The van der Waals surface area contributed by atoms with Crippen LogP contribution in [0, 0.1) is 0 Å². The topological polar surface area (TPSA) is 32.3 Å². The second kappa shape index (κ2) is 7.56. The van der Waals surface area contributed by atoms with E-state index in [-0.39, 0.29) is 5.91 Å². The summed E-state index contributed by atoms with van der Waals surface area (Å²) in [4.78, 5) is 13.4. The molecule has 0 atom stereocenters. The Balaban J connectivity index is 3.92. The van der Waals surface area contributed by atoms with Gasteiger partial charge in [-0.1, -0.05) is 13.0 Å². The van der Waals surface area contributed by atoms with E-state index in [1.54, 1.807) is 4.90 Å². The molecule has 0 aliphatic rings. The molecule has 0 fully saturated rings. The molecule has 0 heterocycles. The average Bonchev–Trinajstić information content (AvgIpc) is 2.17. The summed E-state index contributed by atoms with van der Waals surface area (Å²) < 4.78 is 0. The van der Waals surface area contributed by atoms with Crippen molar-refractivity contribution in [1.29, 1.82) is 0 Å². The third-order valence-electron chi connectivity index (χ3n) is 2.11. The Hall–Kier alpha value is -0.830. The lowest BCUT2D eigenvalue weighted by molar-refractivity contribution is -0.125. The summed E-state index contributed by atoms with van der Waals surface area (Å²) in [5.41, 5.74) is 0.847. The van der Waals surface area contributed by atoms with E-state index in [0.29, 0.717) is 0 Å². The van der Waals surface area contributed by atoms with Crippen molar-refractivity contribution in [3.05, 3.63) is 11.6 Å². The van der Waals surface area contributed by atoms with E-state index in [1.807, 2.05) is 34.0 Å². The van der Waals surface area contributed by atoms with Crippen LogP contribution >= 0.6 is 0 Å². The third kappa shape index (κ3) is 5.02. The van der Waals surface area contributed by atoms with Gasteiger partial charge in [0.2, 0.25) is 5.91 Å².